The summed E-state index contributed by atoms with van der Waals surface area (Å²) in [6, 6.07) is 8.98. The molecule has 1 fully saturated rings. The fourth-order valence-corrected chi connectivity index (χ4v) is 2.68. The first kappa shape index (κ1) is 15.3. The summed E-state index contributed by atoms with van der Waals surface area (Å²) in [5.41, 5.74) is 0.807. The molecule has 1 aromatic carbocycles. The highest BCUT2D eigenvalue weighted by molar-refractivity contribution is 5.90. The van der Waals surface area contributed by atoms with Crippen LogP contribution in [0.2, 0.25) is 0 Å². The molecular weight excluding hydrogens is 299 g/mol. The molecule has 0 aliphatic carbocycles. The maximum absolute atomic E-state index is 12.9. The first-order valence-electron chi connectivity index (χ1n) is 7.47. The van der Waals surface area contributed by atoms with Gasteiger partial charge in [-0.25, -0.2) is 4.39 Å². The molecule has 3 rings (SSSR count). The second kappa shape index (κ2) is 6.64. The lowest BCUT2D eigenvalue weighted by atomic mass is 10.2. The van der Waals surface area contributed by atoms with E-state index in [2.05, 4.69) is 5.32 Å². The van der Waals surface area contributed by atoms with Crippen LogP contribution in [0, 0.1) is 5.82 Å². The number of benzene rings is 1. The van der Waals surface area contributed by atoms with Crippen LogP contribution in [0.5, 0.6) is 0 Å². The van der Waals surface area contributed by atoms with Crippen molar-refractivity contribution in [1.29, 1.82) is 0 Å². The second-order valence-corrected chi connectivity index (χ2v) is 5.50. The zero-order chi connectivity index (χ0) is 16.2. The van der Waals surface area contributed by atoms with Crippen molar-refractivity contribution < 1.29 is 18.4 Å². The Morgan fingerprint density at radius 3 is 2.78 bits per heavy atom. The molecule has 0 spiro atoms. The van der Waals surface area contributed by atoms with Gasteiger partial charge >= 0.3 is 0 Å². The summed E-state index contributed by atoms with van der Waals surface area (Å²) in [4.78, 5) is 25.9. The predicted molar refractivity (Wildman–Crippen MR) is 80.5 cm³/mol. The summed E-state index contributed by atoms with van der Waals surface area (Å²) in [6.07, 6.45) is 2.39. The Morgan fingerprint density at radius 2 is 2.09 bits per heavy atom. The van der Waals surface area contributed by atoms with Crippen molar-refractivity contribution in [3.63, 3.8) is 0 Å². The summed E-state index contributed by atoms with van der Waals surface area (Å²) in [5.74, 6) is 0.0812. The molecule has 120 valence electrons. The highest BCUT2D eigenvalue weighted by Gasteiger charge is 2.36. The van der Waals surface area contributed by atoms with E-state index >= 15 is 0 Å². The summed E-state index contributed by atoms with van der Waals surface area (Å²) in [6.45, 7) is 0.596. The largest absolute Gasteiger partial charge is 0.467 e. The topological polar surface area (TPSA) is 62.6 Å². The SMILES string of the molecule is O=C(NCc1ccc(F)cc1)[C@H]1CCC(=O)N1Cc1ccco1. The normalized spacial score (nSPS) is 17.5. The summed E-state index contributed by atoms with van der Waals surface area (Å²) in [7, 11) is 0. The van der Waals surface area contributed by atoms with Crippen molar-refractivity contribution in [1.82, 2.24) is 10.2 Å². The van der Waals surface area contributed by atoms with Gasteiger partial charge in [0.1, 0.15) is 17.6 Å². The van der Waals surface area contributed by atoms with Gasteiger partial charge in [0.15, 0.2) is 0 Å². The minimum atomic E-state index is -0.493. The molecule has 1 atom stereocenters. The fraction of sp³-hybridized carbons (Fsp3) is 0.294. The van der Waals surface area contributed by atoms with Crippen LogP contribution in [0.3, 0.4) is 0 Å². The van der Waals surface area contributed by atoms with Gasteiger partial charge in [-0.2, -0.15) is 0 Å². The van der Waals surface area contributed by atoms with Crippen LogP contribution in [0.4, 0.5) is 4.39 Å². The number of likely N-dealkylation sites (tertiary alicyclic amines) is 1. The molecule has 2 heterocycles. The van der Waals surface area contributed by atoms with Crippen LogP contribution in [0.15, 0.2) is 47.1 Å². The zero-order valence-electron chi connectivity index (χ0n) is 12.5. The van der Waals surface area contributed by atoms with Crippen molar-refractivity contribution >= 4 is 11.8 Å². The number of rotatable bonds is 5. The minimum absolute atomic E-state index is 0.0525. The van der Waals surface area contributed by atoms with E-state index in [1.807, 2.05) is 0 Å². The number of carbonyl (C=O) groups is 2. The number of hydrogen-bond donors (Lipinski definition) is 1. The average Bonchev–Trinajstić information content (AvgIpc) is 3.18. The number of amides is 2. The lowest BCUT2D eigenvalue weighted by Crippen LogP contribution is -2.44. The van der Waals surface area contributed by atoms with E-state index < -0.39 is 6.04 Å². The molecule has 0 radical (unpaired) electrons. The van der Waals surface area contributed by atoms with E-state index in [9.17, 15) is 14.0 Å². The quantitative estimate of drug-likeness (QED) is 0.920. The van der Waals surface area contributed by atoms with Crippen LogP contribution in [-0.2, 0) is 22.7 Å². The summed E-state index contributed by atoms with van der Waals surface area (Å²) < 4.78 is 18.1. The number of nitrogens with zero attached hydrogens (tertiary/aromatic N) is 1. The van der Waals surface area contributed by atoms with Crippen molar-refractivity contribution in [3.05, 3.63) is 59.8 Å². The second-order valence-electron chi connectivity index (χ2n) is 5.50. The van der Waals surface area contributed by atoms with Gasteiger partial charge in [0.2, 0.25) is 11.8 Å². The molecule has 2 aromatic rings. The molecule has 0 saturated carbocycles. The minimum Gasteiger partial charge on any atom is -0.467 e. The number of nitrogens with one attached hydrogen (secondary N) is 1. The molecule has 5 nitrogen and oxygen atoms in total. The third kappa shape index (κ3) is 3.59. The number of halogens is 1. The third-order valence-electron chi connectivity index (χ3n) is 3.92. The molecule has 0 unspecified atom stereocenters. The van der Waals surface area contributed by atoms with Crippen molar-refractivity contribution in [2.24, 2.45) is 0 Å². The van der Waals surface area contributed by atoms with Gasteiger partial charge in [-0.3, -0.25) is 9.59 Å². The van der Waals surface area contributed by atoms with Gasteiger partial charge in [-0.1, -0.05) is 12.1 Å². The van der Waals surface area contributed by atoms with Gasteiger partial charge < -0.3 is 14.6 Å². The van der Waals surface area contributed by atoms with E-state index in [0.29, 0.717) is 31.7 Å². The number of carbonyl (C=O) groups excluding carboxylic acids is 2. The van der Waals surface area contributed by atoms with Crippen LogP contribution in [0.25, 0.3) is 0 Å². The molecule has 6 heteroatoms. The van der Waals surface area contributed by atoms with Crippen molar-refractivity contribution in [2.45, 2.75) is 32.0 Å². The Morgan fingerprint density at radius 1 is 1.30 bits per heavy atom. The van der Waals surface area contributed by atoms with Crippen LogP contribution >= 0.6 is 0 Å². The fourth-order valence-electron chi connectivity index (χ4n) is 2.68. The van der Waals surface area contributed by atoms with Gasteiger partial charge in [0.25, 0.3) is 0 Å². The van der Waals surface area contributed by atoms with Crippen LogP contribution < -0.4 is 5.32 Å². The van der Waals surface area contributed by atoms with Gasteiger partial charge in [-0.05, 0) is 36.2 Å². The first-order chi connectivity index (χ1) is 11.1. The standard InChI is InChI=1S/C17H17FN2O3/c18-13-5-3-12(4-6-13)10-19-17(22)15-7-8-16(21)20(15)11-14-2-1-9-23-14/h1-6,9,15H,7-8,10-11H2,(H,19,22)/t15-/m1/s1. The summed E-state index contributed by atoms with van der Waals surface area (Å²) in [5, 5.41) is 2.80. The molecular formula is C17H17FN2O3. The molecule has 1 aliphatic heterocycles. The highest BCUT2D eigenvalue weighted by Crippen LogP contribution is 2.22. The Hall–Kier alpha value is -2.63. The van der Waals surface area contributed by atoms with Gasteiger partial charge in [0.05, 0.1) is 12.8 Å². The van der Waals surface area contributed by atoms with Crippen LogP contribution in [0.1, 0.15) is 24.2 Å². The third-order valence-corrected chi connectivity index (χ3v) is 3.92. The van der Waals surface area contributed by atoms with E-state index in [1.54, 1.807) is 35.4 Å². The van der Waals surface area contributed by atoms with Gasteiger partial charge in [0, 0.05) is 13.0 Å². The Kier molecular flexibility index (Phi) is 4.41. The predicted octanol–water partition coefficient (Wildman–Crippen LogP) is 2.23. The Labute approximate surface area is 133 Å². The Bertz CT molecular complexity index is 682. The lowest BCUT2D eigenvalue weighted by Gasteiger charge is -2.23. The smallest absolute Gasteiger partial charge is 0.243 e. The molecule has 2 amide bonds. The molecule has 1 N–H and O–H groups in total. The maximum atomic E-state index is 12.9. The van der Waals surface area contributed by atoms with E-state index in [-0.39, 0.29) is 17.6 Å². The number of furan rings is 1. The maximum Gasteiger partial charge on any atom is 0.243 e. The highest BCUT2D eigenvalue weighted by atomic mass is 19.1. The molecule has 23 heavy (non-hydrogen) atoms. The zero-order valence-corrected chi connectivity index (χ0v) is 12.5. The number of hydrogen-bond acceptors (Lipinski definition) is 3. The molecule has 0 bridgehead atoms. The van der Waals surface area contributed by atoms with E-state index in [4.69, 9.17) is 4.42 Å². The van der Waals surface area contributed by atoms with Gasteiger partial charge in [-0.15, -0.1) is 0 Å². The monoisotopic (exact) mass is 316 g/mol. The van der Waals surface area contributed by atoms with Crippen molar-refractivity contribution in [3.8, 4) is 0 Å². The Balaban J connectivity index is 1.61. The van der Waals surface area contributed by atoms with Crippen molar-refractivity contribution in [2.75, 3.05) is 0 Å². The molecule has 1 saturated heterocycles. The summed E-state index contributed by atoms with van der Waals surface area (Å²) >= 11 is 0. The first-order valence-corrected chi connectivity index (χ1v) is 7.47. The molecule has 1 aliphatic rings. The van der Waals surface area contributed by atoms with E-state index in [1.165, 1.54) is 12.1 Å². The molecule has 1 aromatic heterocycles. The van der Waals surface area contributed by atoms with E-state index in [0.717, 1.165) is 5.56 Å². The lowest BCUT2D eigenvalue weighted by molar-refractivity contribution is -0.136. The van der Waals surface area contributed by atoms with Crippen LogP contribution in [-0.4, -0.2) is 22.8 Å². The average molecular weight is 316 g/mol.